The smallest absolute Gasteiger partial charge is 0.244 e. The first-order valence-corrected chi connectivity index (χ1v) is 9.61. The van der Waals surface area contributed by atoms with Gasteiger partial charge in [0, 0.05) is 32.2 Å². The molecule has 8 nitrogen and oxygen atoms in total. The third-order valence-corrected chi connectivity index (χ3v) is 6.52. The molecule has 0 aromatic carbocycles. The molecule has 0 spiro atoms. The summed E-state index contributed by atoms with van der Waals surface area (Å²) in [4.78, 5) is 14.6. The quantitative estimate of drug-likeness (QED) is 0.768. The minimum absolute atomic E-state index is 0. The minimum atomic E-state index is -3.81. The zero-order chi connectivity index (χ0) is 18.2. The van der Waals surface area contributed by atoms with Gasteiger partial charge in [-0.3, -0.25) is 9.48 Å². The highest BCUT2D eigenvalue weighted by Crippen LogP contribution is 2.19. The molecule has 0 bridgehead atoms. The first-order valence-electron chi connectivity index (χ1n) is 8.12. The number of sulfonamides is 1. The van der Waals surface area contributed by atoms with Gasteiger partial charge in [-0.05, 0) is 34.6 Å². The number of nitrogens with one attached hydrogen (secondary N) is 2. The first-order chi connectivity index (χ1) is 11.1. The van der Waals surface area contributed by atoms with E-state index < -0.39 is 16.1 Å². The van der Waals surface area contributed by atoms with Crippen molar-refractivity contribution in [2.45, 2.75) is 57.6 Å². The molecule has 0 saturated carbocycles. The lowest BCUT2D eigenvalue weighted by Crippen LogP contribution is -2.60. The highest BCUT2D eigenvalue weighted by atomic mass is 35.5. The number of aromatic nitrogens is 2. The molecular weight excluding hydrogens is 366 g/mol. The average Bonchev–Trinajstić information content (AvgIpc) is 2.74. The zero-order valence-electron chi connectivity index (χ0n) is 15.5. The second-order valence-corrected chi connectivity index (χ2v) is 8.13. The van der Waals surface area contributed by atoms with Crippen LogP contribution in [0, 0.1) is 13.8 Å². The number of hydrogen-bond donors (Lipinski definition) is 2. The predicted molar refractivity (Wildman–Crippen MR) is 98.4 cm³/mol. The molecule has 0 aliphatic carbocycles. The second kappa shape index (κ2) is 8.03. The van der Waals surface area contributed by atoms with Crippen molar-refractivity contribution in [3.8, 4) is 0 Å². The lowest BCUT2D eigenvalue weighted by atomic mass is 10.1. The molecule has 2 rings (SSSR count). The molecule has 10 heteroatoms. The summed E-state index contributed by atoms with van der Waals surface area (Å²) in [6.07, 6.45) is 0. The van der Waals surface area contributed by atoms with Crippen LogP contribution in [0.3, 0.4) is 0 Å². The summed E-state index contributed by atoms with van der Waals surface area (Å²) in [6.45, 7) is 10.2. The van der Waals surface area contributed by atoms with Crippen LogP contribution in [0.1, 0.15) is 32.2 Å². The fraction of sp³-hybridized carbons (Fsp3) is 0.733. The fourth-order valence-electron chi connectivity index (χ4n) is 3.10. The van der Waals surface area contributed by atoms with E-state index in [2.05, 4.69) is 15.1 Å². The standard InChI is InChI=1S/C15H27N5O3S.ClH/c1-9-12(4)20(8-7-16-9)15(21)11(3)18-24(22,23)14-10(2)17-19(6)13(14)5;/h9,11-12,16,18H,7-8H2,1-6H3;1H. The summed E-state index contributed by atoms with van der Waals surface area (Å²) in [5, 5.41) is 7.44. The summed E-state index contributed by atoms with van der Waals surface area (Å²) < 4.78 is 29.4. The molecule has 25 heavy (non-hydrogen) atoms. The number of rotatable bonds is 4. The van der Waals surface area contributed by atoms with E-state index in [4.69, 9.17) is 0 Å². The Hall–Kier alpha value is -1.16. The Morgan fingerprint density at radius 1 is 1.36 bits per heavy atom. The van der Waals surface area contributed by atoms with Crippen LogP contribution in [-0.2, 0) is 21.9 Å². The molecule has 1 saturated heterocycles. The lowest BCUT2D eigenvalue weighted by molar-refractivity contribution is -0.136. The Kier molecular flexibility index (Phi) is 7.03. The second-order valence-electron chi connectivity index (χ2n) is 6.48. The van der Waals surface area contributed by atoms with Gasteiger partial charge < -0.3 is 10.2 Å². The van der Waals surface area contributed by atoms with Gasteiger partial charge in [-0.25, -0.2) is 8.42 Å². The normalized spacial score (nSPS) is 22.4. The van der Waals surface area contributed by atoms with E-state index in [1.807, 2.05) is 13.8 Å². The molecule has 3 unspecified atom stereocenters. The monoisotopic (exact) mass is 393 g/mol. The SMILES string of the molecule is Cc1nn(C)c(C)c1S(=O)(=O)NC(C)C(=O)N1CCNC(C)C1C.Cl. The molecular formula is C15H28ClN5O3S. The van der Waals surface area contributed by atoms with Gasteiger partial charge in [-0.15, -0.1) is 12.4 Å². The van der Waals surface area contributed by atoms with Gasteiger partial charge in [0.2, 0.25) is 15.9 Å². The van der Waals surface area contributed by atoms with Gasteiger partial charge >= 0.3 is 0 Å². The minimum Gasteiger partial charge on any atom is -0.336 e. The van der Waals surface area contributed by atoms with Crippen molar-refractivity contribution in [2.75, 3.05) is 13.1 Å². The number of aryl methyl sites for hydroxylation is 2. The summed E-state index contributed by atoms with van der Waals surface area (Å²) in [5.74, 6) is -0.210. The van der Waals surface area contributed by atoms with E-state index >= 15 is 0 Å². The zero-order valence-corrected chi connectivity index (χ0v) is 17.2. The molecule has 1 aromatic heterocycles. The van der Waals surface area contributed by atoms with Crippen molar-refractivity contribution in [1.82, 2.24) is 24.7 Å². The van der Waals surface area contributed by atoms with E-state index in [9.17, 15) is 13.2 Å². The predicted octanol–water partition coefficient (Wildman–Crippen LogP) is 0.334. The number of nitrogens with zero attached hydrogens (tertiary/aromatic N) is 3. The molecule has 1 aliphatic rings. The van der Waals surface area contributed by atoms with Crippen LogP contribution in [0.2, 0.25) is 0 Å². The molecule has 0 radical (unpaired) electrons. The highest BCUT2D eigenvalue weighted by molar-refractivity contribution is 7.89. The summed E-state index contributed by atoms with van der Waals surface area (Å²) in [6, 6.07) is -0.642. The van der Waals surface area contributed by atoms with Gasteiger partial charge in [0.1, 0.15) is 4.90 Å². The number of amides is 1. The Morgan fingerprint density at radius 2 is 1.96 bits per heavy atom. The van der Waals surface area contributed by atoms with Crippen molar-refractivity contribution in [1.29, 1.82) is 0 Å². The van der Waals surface area contributed by atoms with Crippen molar-refractivity contribution < 1.29 is 13.2 Å². The molecule has 144 valence electrons. The molecule has 1 aromatic rings. The van der Waals surface area contributed by atoms with Gasteiger partial charge in [0.15, 0.2) is 0 Å². The molecule has 1 amide bonds. The van der Waals surface area contributed by atoms with Crippen LogP contribution in [-0.4, -0.2) is 60.2 Å². The number of piperazine rings is 1. The Balaban J connectivity index is 0.00000312. The van der Waals surface area contributed by atoms with Crippen LogP contribution in [0.15, 0.2) is 4.90 Å². The molecule has 1 aliphatic heterocycles. The van der Waals surface area contributed by atoms with Crippen molar-refractivity contribution in [3.05, 3.63) is 11.4 Å². The molecule has 2 N–H and O–H groups in total. The summed E-state index contributed by atoms with van der Waals surface area (Å²) >= 11 is 0. The summed E-state index contributed by atoms with van der Waals surface area (Å²) in [5.41, 5.74) is 0.968. The third kappa shape index (κ3) is 4.33. The Morgan fingerprint density at radius 3 is 2.48 bits per heavy atom. The van der Waals surface area contributed by atoms with E-state index in [0.717, 1.165) is 0 Å². The number of carbonyl (C=O) groups is 1. The third-order valence-electron chi connectivity index (χ3n) is 4.73. The molecule has 3 atom stereocenters. The van der Waals surface area contributed by atoms with Crippen LogP contribution < -0.4 is 10.0 Å². The Labute approximate surface area is 155 Å². The topological polar surface area (TPSA) is 96.3 Å². The van der Waals surface area contributed by atoms with Crippen LogP contribution in [0.25, 0.3) is 0 Å². The van der Waals surface area contributed by atoms with Crippen molar-refractivity contribution >= 4 is 28.3 Å². The molecule has 2 heterocycles. The maximum atomic E-state index is 12.7. The fourth-order valence-corrected chi connectivity index (χ4v) is 4.74. The van der Waals surface area contributed by atoms with Crippen molar-refractivity contribution in [2.24, 2.45) is 7.05 Å². The van der Waals surface area contributed by atoms with E-state index in [-0.39, 0.29) is 35.3 Å². The summed E-state index contributed by atoms with van der Waals surface area (Å²) in [7, 11) is -2.12. The van der Waals surface area contributed by atoms with E-state index in [0.29, 0.717) is 24.5 Å². The van der Waals surface area contributed by atoms with Gasteiger partial charge in [-0.2, -0.15) is 9.82 Å². The lowest BCUT2D eigenvalue weighted by Gasteiger charge is -2.39. The number of carbonyl (C=O) groups excluding carboxylic acids is 1. The van der Waals surface area contributed by atoms with Crippen molar-refractivity contribution in [3.63, 3.8) is 0 Å². The number of hydrogen-bond acceptors (Lipinski definition) is 5. The average molecular weight is 394 g/mol. The largest absolute Gasteiger partial charge is 0.336 e. The van der Waals surface area contributed by atoms with E-state index in [1.165, 1.54) is 4.68 Å². The number of halogens is 1. The maximum absolute atomic E-state index is 12.7. The van der Waals surface area contributed by atoms with Gasteiger partial charge in [-0.1, -0.05) is 0 Å². The molecule has 1 fully saturated rings. The Bertz CT molecular complexity index is 734. The maximum Gasteiger partial charge on any atom is 0.244 e. The highest BCUT2D eigenvalue weighted by Gasteiger charge is 2.33. The van der Waals surface area contributed by atoms with Crippen LogP contribution in [0.4, 0.5) is 0 Å². The van der Waals surface area contributed by atoms with Gasteiger partial charge in [0.05, 0.1) is 17.4 Å². The van der Waals surface area contributed by atoms with Crippen LogP contribution >= 0.6 is 12.4 Å². The van der Waals surface area contributed by atoms with Gasteiger partial charge in [0.25, 0.3) is 0 Å². The van der Waals surface area contributed by atoms with E-state index in [1.54, 1.807) is 32.7 Å². The first kappa shape index (κ1) is 21.9. The van der Waals surface area contributed by atoms with Crippen LogP contribution in [0.5, 0.6) is 0 Å².